The topological polar surface area (TPSA) is 0 Å². The molecule has 0 saturated heterocycles. The standard InChI is InChI=1S/C7H5Br2F/c8-6-2-1-3-7(9)5(6)4-10/h1-3H,4H2. The quantitative estimate of drug-likeness (QED) is 0.728. The predicted molar refractivity (Wildman–Crippen MR) is 46.7 cm³/mol. The van der Waals surface area contributed by atoms with Gasteiger partial charge in [-0.05, 0) is 12.1 Å². The largest absolute Gasteiger partial charge is 0.246 e. The molecule has 0 aliphatic rings. The maximum Gasteiger partial charge on any atom is 0.117 e. The van der Waals surface area contributed by atoms with E-state index >= 15 is 0 Å². The van der Waals surface area contributed by atoms with Gasteiger partial charge in [-0.25, -0.2) is 4.39 Å². The third-order valence-electron chi connectivity index (χ3n) is 1.20. The highest BCUT2D eigenvalue weighted by molar-refractivity contribution is 9.11. The van der Waals surface area contributed by atoms with Gasteiger partial charge in [-0.3, -0.25) is 0 Å². The van der Waals surface area contributed by atoms with Gasteiger partial charge in [-0.2, -0.15) is 0 Å². The van der Waals surface area contributed by atoms with Gasteiger partial charge in [0.1, 0.15) is 6.67 Å². The van der Waals surface area contributed by atoms with Crippen LogP contribution in [-0.4, -0.2) is 0 Å². The predicted octanol–water partition coefficient (Wildman–Crippen LogP) is 3.68. The van der Waals surface area contributed by atoms with Crippen LogP contribution in [0.15, 0.2) is 27.1 Å². The van der Waals surface area contributed by atoms with Gasteiger partial charge in [0.15, 0.2) is 0 Å². The van der Waals surface area contributed by atoms with Crippen LogP contribution in [0.1, 0.15) is 5.56 Å². The van der Waals surface area contributed by atoms with Gasteiger partial charge < -0.3 is 0 Å². The van der Waals surface area contributed by atoms with Crippen LogP contribution in [0.25, 0.3) is 0 Å². The summed E-state index contributed by atoms with van der Waals surface area (Å²) in [6.07, 6.45) is 0. The van der Waals surface area contributed by atoms with Crippen LogP contribution in [0, 0.1) is 0 Å². The van der Waals surface area contributed by atoms with Crippen LogP contribution in [0.3, 0.4) is 0 Å². The molecule has 10 heavy (non-hydrogen) atoms. The zero-order valence-electron chi connectivity index (χ0n) is 5.07. The molecule has 0 nitrogen and oxygen atoms in total. The first-order chi connectivity index (χ1) is 4.75. The summed E-state index contributed by atoms with van der Waals surface area (Å²) >= 11 is 6.47. The molecule has 0 aromatic heterocycles. The van der Waals surface area contributed by atoms with Gasteiger partial charge in [0.05, 0.1) is 0 Å². The first kappa shape index (κ1) is 8.21. The SMILES string of the molecule is FCc1c(Br)cccc1Br. The Labute approximate surface area is 75.7 Å². The van der Waals surface area contributed by atoms with Crippen molar-refractivity contribution in [1.29, 1.82) is 0 Å². The molecule has 1 rings (SSSR count). The number of alkyl halides is 1. The van der Waals surface area contributed by atoms with Crippen molar-refractivity contribution >= 4 is 31.9 Å². The van der Waals surface area contributed by atoms with Crippen LogP contribution in [-0.2, 0) is 6.67 Å². The maximum atomic E-state index is 12.2. The fraction of sp³-hybridized carbons (Fsp3) is 0.143. The lowest BCUT2D eigenvalue weighted by Gasteiger charge is -2.00. The van der Waals surface area contributed by atoms with E-state index in [9.17, 15) is 4.39 Å². The van der Waals surface area contributed by atoms with Gasteiger partial charge in [0, 0.05) is 14.5 Å². The molecule has 0 heterocycles. The normalized spacial score (nSPS) is 9.90. The molecule has 54 valence electrons. The highest BCUT2D eigenvalue weighted by Gasteiger charge is 2.01. The Morgan fingerprint density at radius 2 is 1.70 bits per heavy atom. The van der Waals surface area contributed by atoms with Crippen molar-refractivity contribution in [2.75, 3.05) is 0 Å². The van der Waals surface area contributed by atoms with E-state index in [1.807, 2.05) is 18.2 Å². The summed E-state index contributed by atoms with van der Waals surface area (Å²) in [5, 5.41) is 0. The molecule has 0 radical (unpaired) electrons. The van der Waals surface area contributed by atoms with Crippen molar-refractivity contribution < 1.29 is 4.39 Å². The van der Waals surface area contributed by atoms with Crippen molar-refractivity contribution in [2.24, 2.45) is 0 Å². The zero-order valence-corrected chi connectivity index (χ0v) is 8.25. The van der Waals surface area contributed by atoms with Gasteiger partial charge >= 0.3 is 0 Å². The average molecular weight is 268 g/mol. The van der Waals surface area contributed by atoms with Crippen molar-refractivity contribution in [1.82, 2.24) is 0 Å². The fourth-order valence-corrected chi connectivity index (χ4v) is 1.87. The molecule has 0 unspecified atom stereocenters. The second-order valence-corrected chi connectivity index (χ2v) is 3.54. The maximum absolute atomic E-state index is 12.2. The summed E-state index contributed by atoms with van der Waals surface area (Å²) in [6.45, 7) is -0.442. The van der Waals surface area contributed by atoms with Crippen LogP contribution < -0.4 is 0 Å². The van der Waals surface area contributed by atoms with Crippen molar-refractivity contribution in [3.63, 3.8) is 0 Å². The molecule has 3 heteroatoms. The monoisotopic (exact) mass is 266 g/mol. The lowest BCUT2D eigenvalue weighted by Crippen LogP contribution is -1.81. The molecule has 0 saturated carbocycles. The fourth-order valence-electron chi connectivity index (χ4n) is 0.660. The minimum Gasteiger partial charge on any atom is -0.246 e. The first-order valence-electron chi connectivity index (χ1n) is 2.74. The number of halogens is 3. The van der Waals surface area contributed by atoms with E-state index in [1.54, 1.807) is 0 Å². The highest BCUT2D eigenvalue weighted by Crippen LogP contribution is 2.25. The van der Waals surface area contributed by atoms with E-state index in [2.05, 4.69) is 31.9 Å². The molecule has 0 bridgehead atoms. The van der Waals surface area contributed by atoms with Crippen LogP contribution in [0.5, 0.6) is 0 Å². The van der Waals surface area contributed by atoms with Crippen LogP contribution in [0.4, 0.5) is 4.39 Å². The summed E-state index contributed by atoms with van der Waals surface area (Å²) in [5.74, 6) is 0. The summed E-state index contributed by atoms with van der Waals surface area (Å²) in [6, 6.07) is 5.49. The highest BCUT2D eigenvalue weighted by atomic mass is 79.9. The minimum atomic E-state index is -0.442. The number of rotatable bonds is 1. The smallest absolute Gasteiger partial charge is 0.117 e. The summed E-state index contributed by atoms with van der Waals surface area (Å²) in [7, 11) is 0. The minimum absolute atomic E-state index is 0.442. The van der Waals surface area contributed by atoms with E-state index < -0.39 is 6.67 Å². The van der Waals surface area contributed by atoms with Gasteiger partial charge in [-0.1, -0.05) is 37.9 Å². The molecule has 0 aliphatic heterocycles. The molecule has 1 aromatic rings. The molecule has 0 atom stereocenters. The molecule has 0 spiro atoms. The van der Waals surface area contributed by atoms with Crippen molar-refractivity contribution in [3.8, 4) is 0 Å². The number of hydrogen-bond donors (Lipinski definition) is 0. The Morgan fingerprint density at radius 3 is 2.00 bits per heavy atom. The molecular formula is C7H5Br2F. The van der Waals surface area contributed by atoms with Crippen molar-refractivity contribution in [3.05, 3.63) is 32.7 Å². The van der Waals surface area contributed by atoms with Gasteiger partial charge in [0.25, 0.3) is 0 Å². The van der Waals surface area contributed by atoms with Crippen molar-refractivity contribution in [2.45, 2.75) is 6.67 Å². The molecule has 0 N–H and O–H groups in total. The Morgan fingerprint density at radius 1 is 1.20 bits per heavy atom. The summed E-state index contributed by atoms with van der Waals surface area (Å²) < 4.78 is 13.8. The van der Waals surface area contributed by atoms with E-state index in [-0.39, 0.29) is 0 Å². The van der Waals surface area contributed by atoms with E-state index in [0.29, 0.717) is 5.56 Å². The second-order valence-electron chi connectivity index (χ2n) is 1.83. The zero-order chi connectivity index (χ0) is 7.56. The molecule has 0 fully saturated rings. The number of benzene rings is 1. The first-order valence-corrected chi connectivity index (χ1v) is 4.33. The van der Waals surface area contributed by atoms with Crippen LogP contribution >= 0.6 is 31.9 Å². The Kier molecular flexibility index (Phi) is 2.86. The van der Waals surface area contributed by atoms with E-state index in [4.69, 9.17) is 0 Å². The van der Waals surface area contributed by atoms with E-state index in [0.717, 1.165) is 8.95 Å². The average Bonchev–Trinajstić information content (AvgIpc) is 1.88. The van der Waals surface area contributed by atoms with Gasteiger partial charge in [-0.15, -0.1) is 0 Å². The third kappa shape index (κ3) is 1.58. The Bertz CT molecular complexity index is 215. The summed E-state index contributed by atoms with van der Waals surface area (Å²) in [5.41, 5.74) is 0.669. The molecule has 0 amide bonds. The Balaban J connectivity index is 3.17. The Hall–Kier alpha value is 0.110. The summed E-state index contributed by atoms with van der Waals surface area (Å²) in [4.78, 5) is 0. The van der Waals surface area contributed by atoms with Gasteiger partial charge in [0.2, 0.25) is 0 Å². The number of hydrogen-bond acceptors (Lipinski definition) is 0. The lowest BCUT2D eigenvalue weighted by molar-refractivity contribution is 0.482. The second kappa shape index (κ2) is 3.49. The van der Waals surface area contributed by atoms with Crippen LogP contribution in [0.2, 0.25) is 0 Å². The third-order valence-corrected chi connectivity index (χ3v) is 2.68. The lowest BCUT2D eigenvalue weighted by atomic mass is 10.2. The molecular weight excluding hydrogens is 263 g/mol. The van der Waals surface area contributed by atoms with E-state index in [1.165, 1.54) is 0 Å². The molecule has 1 aromatic carbocycles. The molecule has 0 aliphatic carbocycles.